The van der Waals surface area contributed by atoms with Crippen molar-refractivity contribution in [2.45, 2.75) is 33.4 Å². The number of aryl methyl sites for hydroxylation is 2. The lowest BCUT2D eigenvalue weighted by molar-refractivity contribution is 0.138. The van der Waals surface area contributed by atoms with Crippen molar-refractivity contribution in [3.63, 3.8) is 0 Å². The van der Waals surface area contributed by atoms with Crippen LogP contribution in [0.15, 0.2) is 0 Å². The van der Waals surface area contributed by atoms with E-state index in [0.29, 0.717) is 6.54 Å². The normalized spacial score (nSPS) is 13.6. The molecule has 1 unspecified atom stereocenters. The highest BCUT2D eigenvalue weighted by atomic mass is 32.1. The molecule has 0 bridgehead atoms. The molecular weight excluding hydrogens is 196 g/mol. The molecule has 0 saturated carbocycles. The Balaban J connectivity index is 2.51. The Morgan fingerprint density at radius 1 is 1.50 bits per heavy atom. The third-order valence-electron chi connectivity index (χ3n) is 2.05. The molecule has 0 aliphatic carbocycles. The van der Waals surface area contributed by atoms with Crippen molar-refractivity contribution in [2.24, 2.45) is 0 Å². The smallest absolute Gasteiger partial charge is 0.107 e. The molecule has 14 heavy (non-hydrogen) atoms. The third-order valence-corrected chi connectivity index (χ3v) is 3.11. The fraction of sp³-hybridized carbons (Fsp3) is 0.700. The number of rotatable bonds is 4. The summed E-state index contributed by atoms with van der Waals surface area (Å²) in [6, 6.07) is 0. The second-order valence-corrected chi connectivity index (χ2v) is 5.08. The van der Waals surface area contributed by atoms with Gasteiger partial charge in [0.2, 0.25) is 0 Å². The van der Waals surface area contributed by atoms with Crippen LogP contribution in [0.25, 0.3) is 0 Å². The molecule has 0 radical (unpaired) electrons. The molecule has 3 nitrogen and oxygen atoms in total. The predicted molar refractivity (Wildman–Crippen MR) is 59.6 cm³/mol. The Bertz CT molecular complexity index is 277. The van der Waals surface area contributed by atoms with E-state index in [1.165, 1.54) is 4.88 Å². The van der Waals surface area contributed by atoms with Gasteiger partial charge in [-0.05, 0) is 27.8 Å². The minimum Gasteiger partial charge on any atom is -0.392 e. The lowest BCUT2D eigenvalue weighted by atomic mass is 10.4. The molecule has 0 aliphatic rings. The summed E-state index contributed by atoms with van der Waals surface area (Å²) < 4.78 is 0. The molecule has 1 aromatic heterocycles. The fourth-order valence-electron chi connectivity index (χ4n) is 1.35. The number of likely N-dealkylation sites (N-methyl/N-ethyl adjacent to an activating group) is 1. The van der Waals surface area contributed by atoms with Crippen LogP contribution in [0.3, 0.4) is 0 Å². The number of hydrogen-bond acceptors (Lipinski definition) is 4. The maximum atomic E-state index is 9.20. The van der Waals surface area contributed by atoms with Crippen molar-refractivity contribution in [1.82, 2.24) is 9.88 Å². The van der Waals surface area contributed by atoms with Crippen LogP contribution in [0.5, 0.6) is 0 Å². The molecule has 0 aromatic carbocycles. The summed E-state index contributed by atoms with van der Waals surface area (Å²) in [6.07, 6.45) is -0.276. The first-order chi connectivity index (χ1) is 6.49. The Hall–Kier alpha value is -0.450. The summed E-state index contributed by atoms with van der Waals surface area (Å²) in [4.78, 5) is 7.82. The summed E-state index contributed by atoms with van der Waals surface area (Å²) in [7, 11) is 2.00. The van der Waals surface area contributed by atoms with E-state index in [1.807, 2.05) is 14.0 Å². The second-order valence-electron chi connectivity index (χ2n) is 3.79. The van der Waals surface area contributed by atoms with Gasteiger partial charge in [0.05, 0.1) is 18.3 Å². The van der Waals surface area contributed by atoms with Gasteiger partial charge in [-0.2, -0.15) is 0 Å². The monoisotopic (exact) mass is 214 g/mol. The van der Waals surface area contributed by atoms with Gasteiger partial charge in [-0.3, -0.25) is 4.90 Å². The van der Waals surface area contributed by atoms with Gasteiger partial charge in [0.25, 0.3) is 0 Å². The maximum absolute atomic E-state index is 9.20. The van der Waals surface area contributed by atoms with Crippen molar-refractivity contribution in [1.29, 1.82) is 0 Å². The highest BCUT2D eigenvalue weighted by molar-refractivity contribution is 7.11. The second kappa shape index (κ2) is 4.87. The van der Waals surface area contributed by atoms with E-state index >= 15 is 0 Å². The van der Waals surface area contributed by atoms with Crippen molar-refractivity contribution in [2.75, 3.05) is 13.6 Å². The number of thiazole rings is 1. The van der Waals surface area contributed by atoms with Crippen LogP contribution in [0.4, 0.5) is 0 Å². The van der Waals surface area contributed by atoms with Gasteiger partial charge in [0, 0.05) is 11.4 Å². The Kier molecular flexibility index (Phi) is 4.04. The van der Waals surface area contributed by atoms with E-state index in [2.05, 4.69) is 16.8 Å². The van der Waals surface area contributed by atoms with Crippen molar-refractivity contribution >= 4 is 11.3 Å². The van der Waals surface area contributed by atoms with Crippen molar-refractivity contribution < 1.29 is 5.11 Å². The van der Waals surface area contributed by atoms with E-state index in [4.69, 9.17) is 0 Å². The molecule has 0 spiro atoms. The van der Waals surface area contributed by atoms with Gasteiger partial charge in [-0.25, -0.2) is 4.98 Å². The van der Waals surface area contributed by atoms with Gasteiger partial charge in [0.1, 0.15) is 5.01 Å². The number of aromatic nitrogens is 1. The summed E-state index contributed by atoms with van der Waals surface area (Å²) in [5.41, 5.74) is 1.12. The minimum atomic E-state index is -0.276. The molecule has 0 saturated heterocycles. The van der Waals surface area contributed by atoms with Crippen LogP contribution in [0, 0.1) is 13.8 Å². The Labute approximate surface area is 89.4 Å². The highest BCUT2D eigenvalue weighted by Crippen LogP contribution is 2.17. The molecule has 1 atom stereocenters. The van der Waals surface area contributed by atoms with Crippen molar-refractivity contribution in [3.8, 4) is 0 Å². The summed E-state index contributed by atoms with van der Waals surface area (Å²) in [6.45, 7) is 7.44. The quantitative estimate of drug-likeness (QED) is 0.826. The third kappa shape index (κ3) is 3.36. The van der Waals surface area contributed by atoms with Crippen LogP contribution in [-0.2, 0) is 6.54 Å². The molecule has 0 amide bonds. The molecule has 1 aromatic rings. The molecule has 4 heteroatoms. The van der Waals surface area contributed by atoms with Crippen LogP contribution < -0.4 is 0 Å². The average Bonchev–Trinajstić information content (AvgIpc) is 2.28. The molecule has 1 N–H and O–H groups in total. The van der Waals surface area contributed by atoms with E-state index in [-0.39, 0.29) is 6.10 Å². The van der Waals surface area contributed by atoms with Gasteiger partial charge < -0.3 is 5.11 Å². The zero-order valence-corrected chi connectivity index (χ0v) is 10.1. The average molecular weight is 214 g/mol. The van der Waals surface area contributed by atoms with E-state index in [9.17, 15) is 5.11 Å². The minimum absolute atomic E-state index is 0.276. The predicted octanol–water partition coefficient (Wildman–Crippen LogP) is 1.57. The lowest BCUT2D eigenvalue weighted by Crippen LogP contribution is -2.26. The first-order valence-electron chi connectivity index (χ1n) is 4.78. The molecule has 0 aliphatic heterocycles. The Morgan fingerprint density at radius 3 is 2.57 bits per heavy atom. The zero-order valence-electron chi connectivity index (χ0n) is 9.24. The van der Waals surface area contributed by atoms with Gasteiger partial charge in [-0.15, -0.1) is 11.3 Å². The summed E-state index contributed by atoms with van der Waals surface area (Å²) >= 11 is 1.74. The highest BCUT2D eigenvalue weighted by Gasteiger charge is 2.08. The van der Waals surface area contributed by atoms with E-state index < -0.39 is 0 Å². The molecule has 1 rings (SSSR count). The molecule has 80 valence electrons. The number of nitrogens with zero attached hydrogens (tertiary/aromatic N) is 2. The topological polar surface area (TPSA) is 36.4 Å². The van der Waals surface area contributed by atoms with E-state index in [0.717, 1.165) is 17.2 Å². The Morgan fingerprint density at radius 2 is 2.14 bits per heavy atom. The van der Waals surface area contributed by atoms with Crippen molar-refractivity contribution in [3.05, 3.63) is 15.6 Å². The van der Waals surface area contributed by atoms with Gasteiger partial charge >= 0.3 is 0 Å². The lowest BCUT2D eigenvalue weighted by Gasteiger charge is -2.16. The van der Waals surface area contributed by atoms with Crippen LogP contribution in [0.1, 0.15) is 22.5 Å². The molecular formula is C10H18N2OS. The van der Waals surface area contributed by atoms with Gasteiger partial charge in [-0.1, -0.05) is 0 Å². The standard InChI is InChI=1S/C10H18N2OS/c1-7(13)5-12(4)6-10-11-8(2)9(3)14-10/h7,13H,5-6H2,1-4H3. The first kappa shape index (κ1) is 11.6. The van der Waals surface area contributed by atoms with Crippen LogP contribution in [-0.4, -0.2) is 34.7 Å². The zero-order chi connectivity index (χ0) is 10.7. The summed E-state index contributed by atoms with van der Waals surface area (Å²) in [5, 5.41) is 10.3. The van der Waals surface area contributed by atoms with Gasteiger partial charge in [0.15, 0.2) is 0 Å². The number of aliphatic hydroxyl groups excluding tert-OH is 1. The molecule has 0 fully saturated rings. The summed E-state index contributed by atoms with van der Waals surface area (Å²) in [5.74, 6) is 0. The van der Waals surface area contributed by atoms with Crippen LogP contribution >= 0.6 is 11.3 Å². The largest absolute Gasteiger partial charge is 0.392 e. The van der Waals surface area contributed by atoms with Crippen LogP contribution in [0.2, 0.25) is 0 Å². The fourth-order valence-corrected chi connectivity index (χ4v) is 2.37. The number of hydrogen-bond donors (Lipinski definition) is 1. The van der Waals surface area contributed by atoms with E-state index in [1.54, 1.807) is 18.3 Å². The SMILES string of the molecule is Cc1nc(CN(C)CC(C)O)sc1C. The first-order valence-corrected chi connectivity index (χ1v) is 5.60. The number of aliphatic hydroxyl groups is 1. The molecule has 1 heterocycles. The maximum Gasteiger partial charge on any atom is 0.107 e.